The number of benzene rings is 1. The summed E-state index contributed by atoms with van der Waals surface area (Å²) in [7, 11) is -3.60. The number of pyridine rings is 1. The second-order valence-electron chi connectivity index (χ2n) is 5.76. The number of sulfonamides is 1. The molecule has 0 saturated heterocycles. The van der Waals surface area contributed by atoms with E-state index in [4.69, 9.17) is 0 Å². The van der Waals surface area contributed by atoms with Crippen LogP contribution < -0.4 is 10.0 Å². The molecule has 0 aliphatic carbocycles. The van der Waals surface area contributed by atoms with Crippen molar-refractivity contribution in [2.45, 2.75) is 0 Å². The average Bonchev–Trinajstić information content (AvgIpc) is 3.28. The second-order valence-corrected chi connectivity index (χ2v) is 8.13. The van der Waals surface area contributed by atoms with Gasteiger partial charge in [0.05, 0.1) is 28.7 Å². The standard InChI is InChI=1S/C16H14N6O3S2/c23-16(11-1-2-14-15(9-11)20-26-19-14)17-6-8-27(24,25)21-12-4-7-22-13(10-12)3-5-18-22/h1-5,7,9-10,21H,6,8H2,(H,17,23). The first-order valence-corrected chi connectivity index (χ1v) is 10.3. The fourth-order valence-corrected chi connectivity index (χ4v) is 4.02. The number of amides is 1. The zero-order valence-corrected chi connectivity index (χ0v) is 15.5. The van der Waals surface area contributed by atoms with Gasteiger partial charge < -0.3 is 5.32 Å². The molecule has 3 heterocycles. The molecule has 0 spiro atoms. The Bertz CT molecular complexity index is 1230. The minimum Gasteiger partial charge on any atom is -0.351 e. The van der Waals surface area contributed by atoms with Gasteiger partial charge >= 0.3 is 0 Å². The monoisotopic (exact) mass is 402 g/mol. The molecule has 0 aliphatic rings. The van der Waals surface area contributed by atoms with Crippen molar-refractivity contribution in [3.63, 3.8) is 0 Å². The lowest BCUT2D eigenvalue weighted by Gasteiger charge is -2.09. The smallest absolute Gasteiger partial charge is 0.251 e. The third-order valence-electron chi connectivity index (χ3n) is 3.85. The molecule has 4 aromatic rings. The van der Waals surface area contributed by atoms with Gasteiger partial charge in [-0.3, -0.25) is 9.52 Å². The van der Waals surface area contributed by atoms with Gasteiger partial charge in [0.25, 0.3) is 5.91 Å². The molecule has 0 aliphatic heterocycles. The molecular formula is C16H14N6O3S2. The highest BCUT2D eigenvalue weighted by Crippen LogP contribution is 2.14. The SMILES string of the molecule is O=C(NCCS(=O)(=O)Nc1ccn2nccc2c1)c1ccc2nsnc2c1. The highest BCUT2D eigenvalue weighted by Gasteiger charge is 2.13. The van der Waals surface area contributed by atoms with Crippen molar-refractivity contribution >= 4 is 49.9 Å². The van der Waals surface area contributed by atoms with Crippen molar-refractivity contribution in [1.29, 1.82) is 0 Å². The van der Waals surface area contributed by atoms with Crippen LogP contribution >= 0.6 is 11.7 Å². The Balaban J connectivity index is 1.36. The van der Waals surface area contributed by atoms with Crippen molar-refractivity contribution in [3.8, 4) is 0 Å². The molecule has 0 bridgehead atoms. The van der Waals surface area contributed by atoms with Crippen LogP contribution in [-0.4, -0.2) is 45.0 Å². The van der Waals surface area contributed by atoms with Gasteiger partial charge in [-0.1, -0.05) is 0 Å². The quantitative estimate of drug-likeness (QED) is 0.505. The minimum absolute atomic E-state index is 0.0174. The lowest BCUT2D eigenvalue weighted by molar-refractivity contribution is 0.0956. The summed E-state index contributed by atoms with van der Waals surface area (Å²) in [5.41, 5.74) is 2.98. The molecule has 11 heteroatoms. The summed E-state index contributed by atoms with van der Waals surface area (Å²) in [5.74, 6) is -0.607. The molecule has 0 saturated carbocycles. The molecule has 1 amide bonds. The Labute approximate surface area is 158 Å². The number of hydrogen-bond donors (Lipinski definition) is 2. The summed E-state index contributed by atoms with van der Waals surface area (Å²) >= 11 is 1.07. The maximum Gasteiger partial charge on any atom is 0.251 e. The molecular weight excluding hydrogens is 388 g/mol. The fraction of sp³-hybridized carbons (Fsp3) is 0.125. The van der Waals surface area contributed by atoms with Gasteiger partial charge in [0, 0.05) is 24.5 Å². The maximum absolute atomic E-state index is 12.2. The maximum atomic E-state index is 12.2. The van der Waals surface area contributed by atoms with Crippen molar-refractivity contribution < 1.29 is 13.2 Å². The van der Waals surface area contributed by atoms with Crippen LogP contribution in [0.25, 0.3) is 16.6 Å². The third-order valence-corrected chi connectivity index (χ3v) is 5.69. The van der Waals surface area contributed by atoms with Crippen LogP contribution in [0.2, 0.25) is 0 Å². The Morgan fingerprint density at radius 3 is 2.85 bits per heavy atom. The van der Waals surface area contributed by atoms with Crippen LogP contribution in [0.5, 0.6) is 0 Å². The number of anilines is 1. The predicted octanol–water partition coefficient (Wildman–Crippen LogP) is 1.51. The van der Waals surface area contributed by atoms with E-state index in [0.717, 1.165) is 22.8 Å². The van der Waals surface area contributed by atoms with Crippen molar-refractivity contribution in [2.24, 2.45) is 0 Å². The summed E-state index contributed by atoms with van der Waals surface area (Å²) in [6, 6.07) is 10.0. The van der Waals surface area contributed by atoms with Gasteiger partial charge in [-0.15, -0.1) is 0 Å². The summed E-state index contributed by atoms with van der Waals surface area (Å²) in [6.07, 6.45) is 3.29. The Hall–Kier alpha value is -3.05. The number of hydrogen-bond acceptors (Lipinski definition) is 7. The average molecular weight is 402 g/mol. The predicted molar refractivity (Wildman–Crippen MR) is 102 cm³/mol. The van der Waals surface area contributed by atoms with Crippen LogP contribution in [0.15, 0.2) is 48.8 Å². The molecule has 4 rings (SSSR count). The lowest BCUT2D eigenvalue weighted by Crippen LogP contribution is -2.31. The van der Waals surface area contributed by atoms with Crippen LogP contribution in [0, 0.1) is 0 Å². The third kappa shape index (κ3) is 3.88. The summed E-state index contributed by atoms with van der Waals surface area (Å²) in [5, 5.41) is 6.66. The minimum atomic E-state index is -3.60. The van der Waals surface area contributed by atoms with Gasteiger partial charge in [0.1, 0.15) is 11.0 Å². The Kier molecular flexibility index (Phi) is 4.46. The van der Waals surface area contributed by atoms with Crippen molar-refractivity contribution in [3.05, 3.63) is 54.4 Å². The molecule has 138 valence electrons. The van der Waals surface area contributed by atoms with E-state index in [1.807, 2.05) is 0 Å². The molecule has 3 aromatic heterocycles. The van der Waals surface area contributed by atoms with Crippen LogP contribution in [0.4, 0.5) is 5.69 Å². The first-order valence-electron chi connectivity index (χ1n) is 7.95. The zero-order chi connectivity index (χ0) is 18.9. The highest BCUT2D eigenvalue weighted by molar-refractivity contribution is 7.92. The van der Waals surface area contributed by atoms with E-state index in [0.29, 0.717) is 16.8 Å². The van der Waals surface area contributed by atoms with E-state index >= 15 is 0 Å². The summed E-state index contributed by atoms with van der Waals surface area (Å²) in [6.45, 7) is -0.0174. The van der Waals surface area contributed by atoms with Crippen LogP contribution in [0.1, 0.15) is 10.4 Å². The highest BCUT2D eigenvalue weighted by atomic mass is 32.2. The number of carbonyl (C=O) groups is 1. The van der Waals surface area contributed by atoms with Crippen LogP contribution in [0.3, 0.4) is 0 Å². The molecule has 0 atom stereocenters. The summed E-state index contributed by atoms with van der Waals surface area (Å²) in [4.78, 5) is 12.2. The molecule has 0 radical (unpaired) electrons. The van der Waals surface area contributed by atoms with E-state index < -0.39 is 10.0 Å². The first-order chi connectivity index (χ1) is 13.0. The van der Waals surface area contributed by atoms with Gasteiger partial charge in [0.15, 0.2) is 0 Å². The van der Waals surface area contributed by atoms with E-state index in [-0.39, 0.29) is 18.2 Å². The number of nitrogens with one attached hydrogen (secondary N) is 2. The Morgan fingerprint density at radius 2 is 1.96 bits per heavy atom. The van der Waals surface area contributed by atoms with E-state index in [9.17, 15) is 13.2 Å². The van der Waals surface area contributed by atoms with Gasteiger partial charge in [0.2, 0.25) is 10.0 Å². The number of rotatable bonds is 6. The normalized spacial score (nSPS) is 11.7. The Morgan fingerprint density at radius 1 is 1.11 bits per heavy atom. The van der Waals surface area contributed by atoms with E-state index in [2.05, 4.69) is 23.9 Å². The first kappa shape index (κ1) is 17.4. The molecule has 0 fully saturated rings. The van der Waals surface area contributed by atoms with Gasteiger partial charge in [-0.2, -0.15) is 13.8 Å². The van der Waals surface area contributed by atoms with Crippen molar-refractivity contribution in [2.75, 3.05) is 17.0 Å². The fourth-order valence-electron chi connectivity index (χ4n) is 2.54. The topological polar surface area (TPSA) is 118 Å². The molecule has 0 unspecified atom stereocenters. The second kappa shape index (κ2) is 6.93. The van der Waals surface area contributed by atoms with Crippen molar-refractivity contribution in [1.82, 2.24) is 23.7 Å². The molecule has 27 heavy (non-hydrogen) atoms. The molecule has 9 nitrogen and oxygen atoms in total. The lowest BCUT2D eigenvalue weighted by atomic mass is 10.2. The zero-order valence-electron chi connectivity index (χ0n) is 13.9. The van der Waals surface area contributed by atoms with Gasteiger partial charge in [-0.25, -0.2) is 12.9 Å². The molecule has 2 N–H and O–H groups in total. The van der Waals surface area contributed by atoms with E-state index in [1.54, 1.807) is 53.3 Å². The summed E-state index contributed by atoms with van der Waals surface area (Å²) < 4.78 is 36.7. The molecule has 1 aromatic carbocycles. The largest absolute Gasteiger partial charge is 0.351 e. The number of aromatic nitrogens is 4. The number of fused-ring (bicyclic) bond motifs is 2. The van der Waals surface area contributed by atoms with Gasteiger partial charge in [-0.05, 0) is 36.4 Å². The van der Waals surface area contributed by atoms with Crippen LogP contribution in [-0.2, 0) is 10.0 Å². The number of carbonyl (C=O) groups excluding carboxylic acids is 1. The van der Waals surface area contributed by atoms with E-state index in [1.165, 1.54) is 0 Å². The number of nitrogens with zero attached hydrogens (tertiary/aromatic N) is 4.